The van der Waals surface area contributed by atoms with E-state index in [4.69, 9.17) is 24.2 Å². The second-order valence-electron chi connectivity index (χ2n) is 17.8. The minimum absolute atomic E-state index is 0.0200. The first-order valence-corrected chi connectivity index (χ1v) is 22.9. The monoisotopic (exact) mass is 825 g/mol. The summed E-state index contributed by atoms with van der Waals surface area (Å²) >= 11 is 0. The minimum atomic E-state index is -0.514. The maximum absolute atomic E-state index is 6.60. The van der Waals surface area contributed by atoms with Gasteiger partial charge in [0.1, 0.15) is 24.8 Å². The highest BCUT2D eigenvalue weighted by molar-refractivity contribution is 5.56. The first kappa shape index (κ1) is 40.5. The van der Waals surface area contributed by atoms with Gasteiger partial charge in [-0.3, -0.25) is 4.90 Å². The predicted octanol–water partition coefficient (Wildman–Crippen LogP) is 9.08. The van der Waals surface area contributed by atoms with E-state index in [1.165, 1.54) is 51.8 Å². The van der Waals surface area contributed by atoms with Crippen molar-refractivity contribution in [1.82, 2.24) is 20.2 Å². The van der Waals surface area contributed by atoms with E-state index < -0.39 is 5.54 Å². The Balaban J connectivity index is 1.02. The predicted molar refractivity (Wildman–Crippen MR) is 246 cm³/mol. The van der Waals surface area contributed by atoms with Gasteiger partial charge >= 0.3 is 6.01 Å². The van der Waals surface area contributed by atoms with E-state index in [1.807, 2.05) is 7.11 Å². The van der Waals surface area contributed by atoms with E-state index in [-0.39, 0.29) is 11.5 Å². The van der Waals surface area contributed by atoms with Crippen LogP contribution in [-0.2, 0) is 41.6 Å². The molecular formula is C54H59N5O3. The van der Waals surface area contributed by atoms with Crippen LogP contribution in [0.2, 0.25) is 0 Å². The van der Waals surface area contributed by atoms with Crippen LogP contribution in [0.25, 0.3) is 0 Å². The lowest BCUT2D eigenvalue weighted by molar-refractivity contribution is 0.0879. The fraction of sp³-hybridized carbons (Fsp3) is 0.370. The smallest absolute Gasteiger partial charge is 0.318 e. The van der Waals surface area contributed by atoms with E-state index in [9.17, 15) is 0 Å². The van der Waals surface area contributed by atoms with Crippen LogP contribution < -0.4 is 19.7 Å². The topological polar surface area (TPSA) is 72.0 Å². The van der Waals surface area contributed by atoms with Gasteiger partial charge in [-0.2, -0.15) is 9.97 Å². The van der Waals surface area contributed by atoms with Crippen LogP contribution in [-0.4, -0.2) is 73.5 Å². The zero-order valence-corrected chi connectivity index (χ0v) is 36.1. The van der Waals surface area contributed by atoms with Crippen molar-refractivity contribution in [2.75, 3.05) is 51.4 Å². The second kappa shape index (κ2) is 18.1. The molecule has 0 saturated carbocycles. The molecule has 2 fully saturated rings. The molecule has 0 bridgehead atoms. The number of aryl methyl sites for hydroxylation is 1. The molecule has 1 aromatic heterocycles. The Morgan fingerprint density at radius 2 is 1.42 bits per heavy atom. The summed E-state index contributed by atoms with van der Waals surface area (Å²) in [7, 11) is 1.83. The highest BCUT2D eigenvalue weighted by atomic mass is 16.5. The number of nitrogens with zero attached hydrogens (tertiary/aromatic N) is 4. The molecule has 5 aromatic carbocycles. The summed E-state index contributed by atoms with van der Waals surface area (Å²) < 4.78 is 19.2. The highest BCUT2D eigenvalue weighted by Crippen LogP contribution is 2.49. The van der Waals surface area contributed by atoms with Gasteiger partial charge in [0.2, 0.25) is 0 Å². The maximum Gasteiger partial charge on any atom is 0.318 e. The third-order valence-corrected chi connectivity index (χ3v) is 14.2. The number of anilines is 1. The molecule has 3 atom stereocenters. The van der Waals surface area contributed by atoms with Gasteiger partial charge in [-0.1, -0.05) is 127 Å². The van der Waals surface area contributed by atoms with Crippen molar-refractivity contribution >= 4 is 5.82 Å². The molecule has 10 rings (SSSR count). The minimum Gasteiger partial charge on any atom is -0.489 e. The Bertz CT molecular complexity index is 2310. The summed E-state index contributed by atoms with van der Waals surface area (Å²) in [5.41, 5.74) is 9.67. The molecule has 6 aromatic rings. The average Bonchev–Trinajstić information content (AvgIpc) is 3.86. The molecule has 8 heteroatoms. The molecule has 1 N–H and O–H groups in total. The number of hydrogen-bond donors (Lipinski definition) is 1. The van der Waals surface area contributed by atoms with Gasteiger partial charge < -0.3 is 24.4 Å². The summed E-state index contributed by atoms with van der Waals surface area (Å²) in [5, 5.41) is 3.61. The maximum atomic E-state index is 6.60. The number of rotatable bonds is 13. The SMILES string of the molecule is COC[C@H]1CN(C(c2ccccc2)(c2ccccc2)c2ccccc2)CCN1c1nc(OC[C@@H]2CCCN2)nc2c1CCC1(CCCc3ccc(OCc4ccccc4)cc31)C2. The third kappa shape index (κ3) is 7.89. The van der Waals surface area contributed by atoms with Crippen LogP contribution in [0, 0.1) is 0 Å². The van der Waals surface area contributed by atoms with Crippen molar-refractivity contribution < 1.29 is 14.2 Å². The molecule has 1 unspecified atom stereocenters. The summed E-state index contributed by atoms with van der Waals surface area (Å²) in [6.45, 7) is 5.10. The van der Waals surface area contributed by atoms with E-state index in [2.05, 4.69) is 155 Å². The van der Waals surface area contributed by atoms with Crippen molar-refractivity contribution in [2.45, 2.75) is 81.0 Å². The molecule has 318 valence electrons. The Hall–Kier alpha value is -5.54. The summed E-state index contributed by atoms with van der Waals surface area (Å²) in [5.74, 6) is 1.95. The van der Waals surface area contributed by atoms with Crippen molar-refractivity contribution in [3.63, 3.8) is 0 Å². The van der Waals surface area contributed by atoms with Crippen LogP contribution in [0.1, 0.15) is 76.7 Å². The van der Waals surface area contributed by atoms with Crippen molar-refractivity contribution in [3.05, 3.63) is 184 Å². The van der Waals surface area contributed by atoms with E-state index in [0.717, 1.165) is 82.0 Å². The second-order valence-corrected chi connectivity index (χ2v) is 17.8. The van der Waals surface area contributed by atoms with Gasteiger partial charge in [0, 0.05) is 43.8 Å². The lowest BCUT2D eigenvalue weighted by Crippen LogP contribution is -2.62. The Labute approximate surface area is 367 Å². The summed E-state index contributed by atoms with van der Waals surface area (Å²) in [6, 6.07) is 51.2. The summed E-state index contributed by atoms with van der Waals surface area (Å²) in [4.78, 5) is 15.9. The fourth-order valence-electron chi connectivity index (χ4n) is 11.2. The van der Waals surface area contributed by atoms with Crippen LogP contribution in [0.3, 0.4) is 0 Å². The molecule has 62 heavy (non-hydrogen) atoms. The first-order chi connectivity index (χ1) is 30.6. The van der Waals surface area contributed by atoms with Crippen LogP contribution in [0.5, 0.6) is 11.8 Å². The average molecular weight is 826 g/mol. The summed E-state index contributed by atoms with van der Waals surface area (Å²) in [6.07, 6.45) is 8.50. The Kier molecular flexibility index (Phi) is 11.8. The molecular weight excluding hydrogens is 767 g/mol. The molecule has 2 aliphatic carbocycles. The number of aromatic nitrogens is 2. The molecule has 2 aliphatic heterocycles. The van der Waals surface area contributed by atoms with Crippen LogP contribution >= 0.6 is 0 Å². The molecule has 2 saturated heterocycles. The van der Waals surface area contributed by atoms with Crippen LogP contribution in [0.4, 0.5) is 5.82 Å². The van der Waals surface area contributed by atoms with Gasteiger partial charge in [-0.15, -0.1) is 0 Å². The van der Waals surface area contributed by atoms with Crippen molar-refractivity contribution in [3.8, 4) is 11.8 Å². The lowest BCUT2D eigenvalue weighted by atomic mass is 9.62. The van der Waals surface area contributed by atoms with Gasteiger partial charge in [0.15, 0.2) is 0 Å². The number of methoxy groups -OCH3 is 1. The van der Waals surface area contributed by atoms with Crippen molar-refractivity contribution in [1.29, 1.82) is 0 Å². The zero-order chi connectivity index (χ0) is 41.8. The first-order valence-electron chi connectivity index (χ1n) is 22.9. The Morgan fingerprint density at radius 3 is 2.08 bits per heavy atom. The van der Waals surface area contributed by atoms with Gasteiger partial charge in [-0.05, 0) is 103 Å². The number of ether oxygens (including phenoxy) is 3. The molecule has 3 heterocycles. The van der Waals surface area contributed by atoms with Gasteiger partial charge in [-0.25, -0.2) is 0 Å². The van der Waals surface area contributed by atoms with E-state index >= 15 is 0 Å². The zero-order valence-electron chi connectivity index (χ0n) is 36.1. The third-order valence-electron chi connectivity index (χ3n) is 14.2. The number of benzene rings is 5. The van der Waals surface area contributed by atoms with Gasteiger partial charge in [0.05, 0.1) is 23.9 Å². The number of piperazine rings is 1. The molecule has 1 spiro atoms. The quantitative estimate of drug-likeness (QED) is 0.116. The Morgan fingerprint density at radius 1 is 0.726 bits per heavy atom. The van der Waals surface area contributed by atoms with Crippen molar-refractivity contribution in [2.24, 2.45) is 0 Å². The van der Waals surface area contributed by atoms with E-state index in [0.29, 0.717) is 31.9 Å². The number of fused-ring (bicyclic) bond motifs is 3. The lowest BCUT2D eigenvalue weighted by Gasteiger charge is -2.52. The fourth-order valence-corrected chi connectivity index (χ4v) is 11.2. The molecule has 4 aliphatic rings. The van der Waals surface area contributed by atoms with Crippen LogP contribution in [0.15, 0.2) is 140 Å². The van der Waals surface area contributed by atoms with E-state index in [1.54, 1.807) is 0 Å². The normalized spacial score (nSPS) is 21.3. The van der Waals surface area contributed by atoms with Gasteiger partial charge in [0.25, 0.3) is 0 Å². The number of nitrogens with one attached hydrogen (secondary N) is 1. The molecule has 0 amide bonds. The molecule has 0 radical (unpaired) electrons. The number of hydrogen-bond acceptors (Lipinski definition) is 8. The molecule has 8 nitrogen and oxygen atoms in total. The largest absolute Gasteiger partial charge is 0.489 e. The highest BCUT2D eigenvalue weighted by Gasteiger charge is 2.47. The standard InChI is InChI=1S/C54H59N5O3/c1-60-39-46-36-58(54(42-19-8-3-9-20-42,43-21-10-4-11-22-43)44-23-12-5-13-24-44)32-33-59(46)51-48-28-30-53(35-50(48)56-52(57-51)62-38-45-25-15-31-55-45)29-14-18-41-26-27-47(34-49(41)53)61-37-40-16-6-2-7-17-40/h2-13,16-17,19-24,26-27,34,45-46,55H,14-15,18,25,28-33,35-39H2,1H3/t45-,46+,53?/m0/s1.